The maximum atomic E-state index is 15.4. The molecule has 4 aromatic rings. The van der Waals surface area contributed by atoms with Gasteiger partial charge in [-0.15, -0.1) is 0 Å². The summed E-state index contributed by atoms with van der Waals surface area (Å²) in [5, 5.41) is 8.92. The molecule has 3 N–H and O–H groups in total. The number of benzene rings is 3. The quantitative estimate of drug-likeness (QED) is 0.230. The van der Waals surface area contributed by atoms with Crippen LogP contribution in [-0.2, 0) is 20.9 Å². The number of amides is 4. The van der Waals surface area contributed by atoms with Crippen LogP contribution >= 0.6 is 11.6 Å². The number of fused-ring (bicyclic) bond motifs is 2. The second kappa shape index (κ2) is 12.2. The first-order chi connectivity index (χ1) is 22.7. The minimum absolute atomic E-state index is 0.0153. The molecular formula is C32H25ClF2N6O6. The molecule has 2 fully saturated rings. The fourth-order valence-corrected chi connectivity index (χ4v) is 5.96. The summed E-state index contributed by atoms with van der Waals surface area (Å²) in [6.45, 7) is 0.811. The number of rotatable bonds is 8. The SMILES string of the molecule is O=C1CCC(N2C(=O)c3cc(F)c(CNc4cc5c(Nc6ccc(F)c(Cl)c6)ncnc5cc4O[C@H]4CCOC4)cc3C2=O)C(=O)N1. The van der Waals surface area contributed by atoms with Gasteiger partial charge in [0.1, 0.15) is 41.7 Å². The lowest BCUT2D eigenvalue weighted by atomic mass is 10.0. The van der Waals surface area contributed by atoms with Crippen LogP contribution in [-0.4, -0.2) is 63.9 Å². The van der Waals surface area contributed by atoms with Gasteiger partial charge >= 0.3 is 0 Å². The molecule has 15 heteroatoms. The average molecular weight is 663 g/mol. The minimum atomic E-state index is -1.17. The predicted molar refractivity (Wildman–Crippen MR) is 164 cm³/mol. The highest BCUT2D eigenvalue weighted by Crippen LogP contribution is 2.36. The van der Waals surface area contributed by atoms with E-state index in [1.165, 1.54) is 30.6 Å². The zero-order valence-electron chi connectivity index (χ0n) is 24.4. The topological polar surface area (TPSA) is 152 Å². The van der Waals surface area contributed by atoms with Crippen LogP contribution in [0.1, 0.15) is 45.5 Å². The smallest absolute Gasteiger partial charge is 0.262 e. The molecule has 1 unspecified atom stereocenters. The van der Waals surface area contributed by atoms with Crippen LogP contribution in [0.15, 0.2) is 48.8 Å². The van der Waals surface area contributed by atoms with E-state index in [4.69, 9.17) is 21.1 Å². The Bertz CT molecular complexity index is 1990. The van der Waals surface area contributed by atoms with Crippen molar-refractivity contribution in [2.24, 2.45) is 0 Å². The molecule has 1 aromatic heterocycles. The number of carbonyl (C=O) groups is 4. The molecule has 4 amide bonds. The number of hydrogen-bond acceptors (Lipinski definition) is 10. The van der Waals surface area contributed by atoms with Gasteiger partial charge in [0, 0.05) is 42.1 Å². The molecule has 7 rings (SSSR count). The molecule has 0 bridgehead atoms. The van der Waals surface area contributed by atoms with Crippen LogP contribution in [0.3, 0.4) is 0 Å². The predicted octanol–water partition coefficient (Wildman–Crippen LogP) is 4.49. The van der Waals surface area contributed by atoms with Gasteiger partial charge in [0.05, 0.1) is 40.6 Å². The largest absolute Gasteiger partial charge is 0.486 e. The third-order valence-corrected chi connectivity index (χ3v) is 8.47. The molecule has 12 nitrogen and oxygen atoms in total. The number of aromatic nitrogens is 2. The lowest BCUT2D eigenvalue weighted by molar-refractivity contribution is -0.136. The highest BCUT2D eigenvalue weighted by Gasteiger charge is 2.45. The number of piperidine rings is 1. The first-order valence-corrected chi connectivity index (χ1v) is 15.1. The van der Waals surface area contributed by atoms with E-state index in [9.17, 15) is 23.6 Å². The third-order valence-electron chi connectivity index (χ3n) is 8.18. The van der Waals surface area contributed by atoms with E-state index in [0.717, 1.165) is 11.0 Å². The number of hydrogen-bond donors (Lipinski definition) is 3. The van der Waals surface area contributed by atoms with Gasteiger partial charge in [0.2, 0.25) is 11.8 Å². The molecule has 4 heterocycles. The molecule has 240 valence electrons. The Hall–Kier alpha value is -5.21. The van der Waals surface area contributed by atoms with Crippen molar-refractivity contribution in [3.8, 4) is 5.75 Å². The van der Waals surface area contributed by atoms with Gasteiger partial charge in [0.15, 0.2) is 0 Å². The van der Waals surface area contributed by atoms with Crippen molar-refractivity contribution in [3.05, 3.63) is 82.1 Å². The highest BCUT2D eigenvalue weighted by molar-refractivity contribution is 6.31. The van der Waals surface area contributed by atoms with Gasteiger partial charge in [-0.2, -0.15) is 0 Å². The highest BCUT2D eigenvalue weighted by atomic mass is 35.5. The first kappa shape index (κ1) is 30.4. The molecule has 2 atom stereocenters. The maximum Gasteiger partial charge on any atom is 0.262 e. The van der Waals surface area contributed by atoms with Crippen molar-refractivity contribution in [2.45, 2.75) is 38.0 Å². The number of imide groups is 2. The minimum Gasteiger partial charge on any atom is -0.486 e. The molecule has 3 aliphatic heterocycles. The standard InChI is InChI=1S/C32H25ClF2N6O6/c33-21-8-16(1-2-22(21)34)39-29-20-10-25(27(11-24(20)37-14-38-29)47-17-5-6-46-13-17)36-12-15-7-18-19(9-23(15)35)32(45)41(31(18)44)26-3-4-28(42)40-30(26)43/h1-2,7-11,14,17,26,36H,3-6,12-13H2,(H,37,38,39)(H,40,42,43)/t17-,26?/m0/s1. The Morgan fingerprint density at radius 3 is 2.55 bits per heavy atom. The lowest BCUT2D eigenvalue weighted by Gasteiger charge is -2.27. The van der Waals surface area contributed by atoms with Crippen LogP contribution in [0.25, 0.3) is 10.9 Å². The summed E-state index contributed by atoms with van der Waals surface area (Å²) < 4.78 is 40.9. The van der Waals surface area contributed by atoms with Crippen LogP contribution in [0.2, 0.25) is 5.02 Å². The van der Waals surface area contributed by atoms with E-state index < -0.39 is 41.3 Å². The number of nitrogens with one attached hydrogen (secondary N) is 3. The fraction of sp³-hybridized carbons (Fsp3) is 0.250. The lowest BCUT2D eigenvalue weighted by Crippen LogP contribution is -2.54. The first-order valence-electron chi connectivity index (χ1n) is 14.7. The summed E-state index contributed by atoms with van der Waals surface area (Å²) in [6.07, 6.45) is 1.75. The Balaban J connectivity index is 1.19. The van der Waals surface area contributed by atoms with E-state index in [1.807, 2.05) is 0 Å². The Morgan fingerprint density at radius 2 is 1.81 bits per heavy atom. The number of anilines is 3. The monoisotopic (exact) mass is 662 g/mol. The second-order valence-corrected chi connectivity index (χ2v) is 11.6. The van der Waals surface area contributed by atoms with Gasteiger partial charge in [0.25, 0.3) is 11.8 Å². The van der Waals surface area contributed by atoms with Crippen LogP contribution in [0.5, 0.6) is 5.75 Å². The zero-order valence-corrected chi connectivity index (χ0v) is 25.2. The molecule has 0 radical (unpaired) electrons. The van der Waals surface area contributed by atoms with Gasteiger partial charge < -0.3 is 20.1 Å². The Labute approximate surface area is 270 Å². The van der Waals surface area contributed by atoms with E-state index >= 15 is 4.39 Å². The van der Waals surface area contributed by atoms with E-state index in [-0.39, 0.29) is 47.2 Å². The number of ether oxygens (including phenoxy) is 2. The summed E-state index contributed by atoms with van der Waals surface area (Å²) in [6, 6.07) is 8.68. The zero-order chi connectivity index (χ0) is 32.8. The summed E-state index contributed by atoms with van der Waals surface area (Å²) in [7, 11) is 0. The summed E-state index contributed by atoms with van der Waals surface area (Å²) >= 11 is 5.96. The molecule has 47 heavy (non-hydrogen) atoms. The van der Waals surface area contributed by atoms with Crippen molar-refractivity contribution in [1.82, 2.24) is 20.2 Å². The van der Waals surface area contributed by atoms with Crippen molar-refractivity contribution in [3.63, 3.8) is 0 Å². The molecule has 2 saturated heterocycles. The van der Waals surface area contributed by atoms with Gasteiger partial charge in [-0.3, -0.25) is 29.4 Å². The number of carbonyl (C=O) groups excluding carboxylic acids is 4. The van der Waals surface area contributed by atoms with Crippen molar-refractivity contribution >= 4 is 63.3 Å². The van der Waals surface area contributed by atoms with Gasteiger partial charge in [-0.25, -0.2) is 18.7 Å². The van der Waals surface area contributed by atoms with E-state index in [1.54, 1.807) is 12.1 Å². The molecule has 0 spiro atoms. The Kier molecular flexibility index (Phi) is 7.90. The van der Waals surface area contributed by atoms with Crippen molar-refractivity contribution < 1.29 is 37.4 Å². The molecule has 0 saturated carbocycles. The second-order valence-electron chi connectivity index (χ2n) is 11.2. The van der Waals surface area contributed by atoms with Crippen LogP contribution < -0.4 is 20.7 Å². The fourth-order valence-electron chi connectivity index (χ4n) is 5.78. The molecular weight excluding hydrogens is 638 g/mol. The normalized spacial score (nSPS) is 19.3. The molecule has 0 aliphatic carbocycles. The van der Waals surface area contributed by atoms with Gasteiger partial charge in [-0.1, -0.05) is 11.6 Å². The van der Waals surface area contributed by atoms with Crippen molar-refractivity contribution in [2.75, 3.05) is 23.8 Å². The summed E-state index contributed by atoms with van der Waals surface area (Å²) in [5.41, 5.74) is 1.33. The number of halogens is 3. The number of nitrogens with zero attached hydrogens (tertiary/aromatic N) is 3. The van der Waals surface area contributed by atoms with Crippen LogP contribution in [0, 0.1) is 11.6 Å². The third kappa shape index (κ3) is 5.81. The van der Waals surface area contributed by atoms with E-state index in [2.05, 4.69) is 25.9 Å². The van der Waals surface area contributed by atoms with E-state index in [0.29, 0.717) is 53.5 Å². The summed E-state index contributed by atoms with van der Waals surface area (Å²) in [5.74, 6) is -3.30. The molecule has 3 aliphatic rings. The molecule has 3 aromatic carbocycles. The maximum absolute atomic E-state index is 15.4. The summed E-state index contributed by atoms with van der Waals surface area (Å²) in [4.78, 5) is 59.9. The van der Waals surface area contributed by atoms with Crippen LogP contribution in [0.4, 0.5) is 26.0 Å². The Morgan fingerprint density at radius 1 is 1.00 bits per heavy atom. The van der Waals surface area contributed by atoms with Gasteiger partial charge in [-0.05, 0) is 42.8 Å². The average Bonchev–Trinajstić information content (AvgIpc) is 3.64. The van der Waals surface area contributed by atoms with Crippen molar-refractivity contribution in [1.29, 1.82) is 0 Å².